The van der Waals surface area contributed by atoms with Gasteiger partial charge in [0.2, 0.25) is 0 Å². The summed E-state index contributed by atoms with van der Waals surface area (Å²) in [5, 5.41) is 0. The van der Waals surface area contributed by atoms with E-state index in [-0.39, 0.29) is 18.0 Å². The Kier molecular flexibility index (Phi) is 4.29. The average Bonchev–Trinajstić information content (AvgIpc) is 2.44. The lowest BCUT2D eigenvalue weighted by Gasteiger charge is -2.30. The predicted octanol–water partition coefficient (Wildman–Crippen LogP) is 3.62. The Balaban J connectivity index is 2.50. The molecule has 0 saturated carbocycles. The summed E-state index contributed by atoms with van der Waals surface area (Å²) in [7, 11) is 1.20. The molecule has 1 aromatic rings. The second-order valence-electron chi connectivity index (χ2n) is 4.63. The van der Waals surface area contributed by atoms with Gasteiger partial charge in [-0.1, -0.05) is 0 Å². The number of hydrogen-bond donors (Lipinski definition) is 0. The lowest BCUT2D eigenvalue weighted by Crippen LogP contribution is -2.36. The van der Waals surface area contributed by atoms with E-state index in [1.54, 1.807) is 6.92 Å². The fraction of sp³-hybridized carbons (Fsp3) is 0.500. The van der Waals surface area contributed by atoms with Crippen molar-refractivity contribution in [3.8, 4) is 5.75 Å². The zero-order valence-electron chi connectivity index (χ0n) is 11.8. The van der Waals surface area contributed by atoms with E-state index in [1.807, 2.05) is 0 Å². The Hall–Kier alpha value is -1.92. The highest BCUT2D eigenvalue weighted by Crippen LogP contribution is 2.41. The summed E-state index contributed by atoms with van der Waals surface area (Å²) in [4.78, 5) is 13.1. The summed E-state index contributed by atoms with van der Waals surface area (Å²) >= 11 is 0. The molecule has 2 rings (SSSR count). The standard InChI is InChI=1S/C14H16F3NO3/c1-3-21-13(19)18-6-4-5-9-7-12(20-2)10(8-11(9)18)14(15,16)17/h7-8H,3-6H2,1-2H3. The lowest BCUT2D eigenvalue weighted by molar-refractivity contribution is -0.138. The van der Waals surface area contributed by atoms with Crippen LogP contribution in [0.15, 0.2) is 12.1 Å². The topological polar surface area (TPSA) is 38.8 Å². The van der Waals surface area contributed by atoms with Crippen molar-refractivity contribution < 1.29 is 27.4 Å². The predicted molar refractivity (Wildman–Crippen MR) is 70.7 cm³/mol. The third kappa shape index (κ3) is 3.06. The number of carbonyl (C=O) groups is 1. The van der Waals surface area contributed by atoms with Crippen LogP contribution in [0, 0.1) is 0 Å². The Labute approximate surface area is 120 Å². The number of fused-ring (bicyclic) bond motifs is 1. The first-order valence-electron chi connectivity index (χ1n) is 6.61. The van der Waals surface area contributed by atoms with Crippen molar-refractivity contribution in [1.82, 2.24) is 0 Å². The van der Waals surface area contributed by atoms with Crippen LogP contribution in [-0.2, 0) is 17.3 Å². The van der Waals surface area contributed by atoms with Crippen LogP contribution in [0.3, 0.4) is 0 Å². The number of ether oxygens (including phenoxy) is 2. The van der Waals surface area contributed by atoms with Gasteiger partial charge in [0.05, 0.1) is 25.0 Å². The lowest BCUT2D eigenvalue weighted by atomic mass is 9.98. The molecule has 0 aliphatic carbocycles. The Morgan fingerprint density at radius 1 is 1.38 bits per heavy atom. The van der Waals surface area contributed by atoms with Gasteiger partial charge in [-0.25, -0.2) is 4.79 Å². The van der Waals surface area contributed by atoms with Gasteiger partial charge in [-0.3, -0.25) is 4.90 Å². The average molecular weight is 303 g/mol. The number of halogens is 3. The molecule has 4 nitrogen and oxygen atoms in total. The molecule has 0 radical (unpaired) electrons. The number of hydrogen-bond acceptors (Lipinski definition) is 3. The molecule has 21 heavy (non-hydrogen) atoms. The van der Waals surface area contributed by atoms with E-state index in [9.17, 15) is 18.0 Å². The van der Waals surface area contributed by atoms with Gasteiger partial charge in [0.15, 0.2) is 0 Å². The minimum absolute atomic E-state index is 0.174. The van der Waals surface area contributed by atoms with Gasteiger partial charge in [0.25, 0.3) is 0 Å². The SMILES string of the molecule is CCOC(=O)N1CCCc2cc(OC)c(C(F)(F)F)cc21. The monoisotopic (exact) mass is 303 g/mol. The molecule has 0 atom stereocenters. The molecular formula is C14H16F3NO3. The maximum Gasteiger partial charge on any atom is 0.420 e. The van der Waals surface area contributed by atoms with Crippen LogP contribution in [0.2, 0.25) is 0 Å². The Morgan fingerprint density at radius 3 is 2.67 bits per heavy atom. The van der Waals surface area contributed by atoms with Crippen molar-refractivity contribution in [2.24, 2.45) is 0 Å². The molecule has 1 amide bonds. The van der Waals surface area contributed by atoms with Crippen LogP contribution in [-0.4, -0.2) is 26.4 Å². The third-order valence-electron chi connectivity index (χ3n) is 3.31. The van der Waals surface area contributed by atoms with Crippen LogP contribution >= 0.6 is 0 Å². The van der Waals surface area contributed by atoms with E-state index >= 15 is 0 Å². The van der Waals surface area contributed by atoms with Crippen LogP contribution in [0.4, 0.5) is 23.7 Å². The molecule has 0 N–H and O–H groups in total. The van der Waals surface area contributed by atoms with Gasteiger partial charge in [-0.15, -0.1) is 0 Å². The number of aryl methyl sites for hydroxylation is 1. The van der Waals surface area contributed by atoms with Crippen LogP contribution in [0.25, 0.3) is 0 Å². The van der Waals surface area contributed by atoms with Gasteiger partial charge in [0.1, 0.15) is 5.75 Å². The van der Waals surface area contributed by atoms with E-state index in [0.29, 0.717) is 24.9 Å². The highest BCUT2D eigenvalue weighted by Gasteiger charge is 2.37. The van der Waals surface area contributed by atoms with E-state index in [1.165, 1.54) is 18.1 Å². The molecular weight excluding hydrogens is 287 g/mol. The molecule has 1 aliphatic heterocycles. The maximum atomic E-state index is 13.1. The zero-order chi connectivity index (χ0) is 15.6. The van der Waals surface area contributed by atoms with E-state index in [2.05, 4.69) is 0 Å². The minimum atomic E-state index is -4.54. The molecule has 7 heteroatoms. The fourth-order valence-electron chi connectivity index (χ4n) is 2.39. The number of benzene rings is 1. The summed E-state index contributed by atoms with van der Waals surface area (Å²) in [5.41, 5.74) is 0.00641. The largest absolute Gasteiger partial charge is 0.496 e. The highest BCUT2D eigenvalue weighted by atomic mass is 19.4. The second-order valence-corrected chi connectivity index (χ2v) is 4.63. The summed E-state index contributed by atoms with van der Waals surface area (Å²) in [6.45, 7) is 2.17. The summed E-state index contributed by atoms with van der Waals surface area (Å²) in [6, 6.07) is 2.31. The number of rotatable bonds is 2. The number of alkyl halides is 3. The smallest absolute Gasteiger partial charge is 0.420 e. The number of amides is 1. The van der Waals surface area contributed by atoms with Gasteiger partial charge in [0, 0.05) is 6.54 Å². The molecule has 1 aliphatic rings. The number of anilines is 1. The van der Waals surface area contributed by atoms with Crippen molar-refractivity contribution in [3.63, 3.8) is 0 Å². The van der Waals surface area contributed by atoms with Crippen LogP contribution in [0.5, 0.6) is 5.75 Å². The highest BCUT2D eigenvalue weighted by molar-refractivity contribution is 5.89. The zero-order valence-corrected chi connectivity index (χ0v) is 11.8. The van der Waals surface area contributed by atoms with Crippen LogP contribution in [0.1, 0.15) is 24.5 Å². The van der Waals surface area contributed by atoms with Gasteiger partial charge >= 0.3 is 12.3 Å². The van der Waals surface area contributed by atoms with Crippen LogP contribution < -0.4 is 9.64 Å². The minimum Gasteiger partial charge on any atom is -0.496 e. The van der Waals surface area contributed by atoms with Crippen molar-refractivity contribution in [1.29, 1.82) is 0 Å². The van der Waals surface area contributed by atoms with Gasteiger partial charge in [-0.05, 0) is 37.5 Å². The Morgan fingerprint density at radius 2 is 2.10 bits per heavy atom. The molecule has 0 spiro atoms. The Bertz CT molecular complexity index is 543. The summed E-state index contributed by atoms with van der Waals surface area (Å²) < 4.78 is 48.9. The molecule has 1 heterocycles. The molecule has 0 unspecified atom stereocenters. The number of methoxy groups -OCH3 is 1. The molecule has 0 bridgehead atoms. The van der Waals surface area contributed by atoms with E-state index in [4.69, 9.17) is 9.47 Å². The normalized spacial score (nSPS) is 14.6. The van der Waals surface area contributed by atoms with Crippen molar-refractivity contribution in [2.75, 3.05) is 25.2 Å². The molecule has 0 aromatic heterocycles. The van der Waals surface area contributed by atoms with Crippen molar-refractivity contribution in [2.45, 2.75) is 25.9 Å². The van der Waals surface area contributed by atoms with E-state index < -0.39 is 17.8 Å². The second kappa shape index (κ2) is 5.83. The third-order valence-corrected chi connectivity index (χ3v) is 3.31. The number of carbonyl (C=O) groups excluding carboxylic acids is 1. The van der Waals surface area contributed by atoms with Gasteiger partial charge < -0.3 is 9.47 Å². The first-order chi connectivity index (χ1) is 9.88. The first kappa shape index (κ1) is 15.5. The molecule has 1 aromatic carbocycles. The molecule has 0 fully saturated rings. The summed E-state index contributed by atoms with van der Waals surface area (Å²) in [6.07, 6.45) is -3.91. The summed E-state index contributed by atoms with van der Waals surface area (Å²) in [5.74, 6) is -0.230. The maximum absolute atomic E-state index is 13.1. The first-order valence-corrected chi connectivity index (χ1v) is 6.61. The quantitative estimate of drug-likeness (QED) is 0.837. The van der Waals surface area contributed by atoms with Crippen molar-refractivity contribution in [3.05, 3.63) is 23.3 Å². The number of nitrogens with zero attached hydrogens (tertiary/aromatic N) is 1. The van der Waals surface area contributed by atoms with Gasteiger partial charge in [-0.2, -0.15) is 13.2 Å². The molecule has 0 saturated heterocycles. The fourth-order valence-corrected chi connectivity index (χ4v) is 2.39. The molecule has 116 valence electrons. The van der Waals surface area contributed by atoms with Crippen molar-refractivity contribution >= 4 is 11.8 Å². The van der Waals surface area contributed by atoms with E-state index in [0.717, 1.165) is 6.07 Å².